The minimum atomic E-state index is -0.255. The van der Waals surface area contributed by atoms with Gasteiger partial charge in [0.25, 0.3) is 5.91 Å². The van der Waals surface area contributed by atoms with E-state index in [4.69, 9.17) is 11.6 Å². The standard InChI is InChI=1S/C20H23ClN6O2/c1-4-26-17(8-10-22-26)20(29)24-16-7-5-6-15(12-16)23-18(28)9-11-27-14(3)19(21)13(2)25-27/h5-8,10,12H,4,9,11H2,1-3H3,(H,23,28)(H,24,29). The summed E-state index contributed by atoms with van der Waals surface area (Å²) in [6.45, 7) is 6.66. The topological polar surface area (TPSA) is 93.8 Å². The van der Waals surface area contributed by atoms with Gasteiger partial charge in [-0.3, -0.25) is 19.0 Å². The molecular formula is C20H23ClN6O2. The number of aryl methyl sites for hydroxylation is 3. The molecule has 0 saturated heterocycles. The number of aromatic nitrogens is 4. The number of halogens is 1. The monoisotopic (exact) mass is 414 g/mol. The lowest BCUT2D eigenvalue weighted by atomic mass is 10.2. The molecule has 3 aromatic rings. The molecule has 0 atom stereocenters. The molecule has 0 fully saturated rings. The summed E-state index contributed by atoms with van der Waals surface area (Å²) < 4.78 is 3.34. The molecule has 8 nitrogen and oxygen atoms in total. The van der Waals surface area contributed by atoms with Gasteiger partial charge in [0.2, 0.25) is 5.91 Å². The highest BCUT2D eigenvalue weighted by molar-refractivity contribution is 6.31. The Balaban J connectivity index is 1.59. The fourth-order valence-electron chi connectivity index (χ4n) is 2.97. The third-order valence-corrected chi connectivity index (χ3v) is 5.04. The lowest BCUT2D eigenvalue weighted by molar-refractivity contribution is -0.116. The molecule has 0 radical (unpaired) electrons. The number of amides is 2. The zero-order valence-electron chi connectivity index (χ0n) is 16.6. The second-order valence-corrected chi connectivity index (χ2v) is 6.95. The van der Waals surface area contributed by atoms with Gasteiger partial charge < -0.3 is 10.6 Å². The summed E-state index contributed by atoms with van der Waals surface area (Å²) in [5.41, 5.74) is 3.25. The van der Waals surface area contributed by atoms with Crippen LogP contribution in [0.1, 0.15) is 35.2 Å². The summed E-state index contributed by atoms with van der Waals surface area (Å²) in [4.78, 5) is 24.7. The number of anilines is 2. The number of nitrogens with zero attached hydrogens (tertiary/aromatic N) is 4. The van der Waals surface area contributed by atoms with E-state index >= 15 is 0 Å². The molecule has 29 heavy (non-hydrogen) atoms. The van der Waals surface area contributed by atoms with Crippen molar-refractivity contribution in [3.05, 3.63) is 58.6 Å². The summed E-state index contributed by atoms with van der Waals surface area (Å²) in [6, 6.07) is 8.67. The van der Waals surface area contributed by atoms with E-state index in [1.165, 1.54) is 0 Å². The molecular weight excluding hydrogens is 392 g/mol. The second kappa shape index (κ2) is 8.91. The first-order valence-corrected chi connectivity index (χ1v) is 9.69. The number of carbonyl (C=O) groups excluding carboxylic acids is 2. The molecule has 9 heteroatoms. The van der Waals surface area contributed by atoms with Crippen LogP contribution >= 0.6 is 11.6 Å². The molecule has 0 saturated carbocycles. The van der Waals surface area contributed by atoms with E-state index in [0.29, 0.717) is 35.2 Å². The Hall–Kier alpha value is -3.13. The predicted octanol–water partition coefficient (Wildman–Crippen LogP) is 3.65. The van der Waals surface area contributed by atoms with Crippen LogP contribution in [0.5, 0.6) is 0 Å². The van der Waals surface area contributed by atoms with E-state index in [9.17, 15) is 9.59 Å². The van der Waals surface area contributed by atoms with Crippen LogP contribution in [-0.2, 0) is 17.9 Å². The van der Waals surface area contributed by atoms with Crippen molar-refractivity contribution in [1.82, 2.24) is 19.6 Å². The molecule has 0 unspecified atom stereocenters. The van der Waals surface area contributed by atoms with Gasteiger partial charge in [-0.1, -0.05) is 17.7 Å². The second-order valence-electron chi connectivity index (χ2n) is 6.57. The fourth-order valence-corrected chi connectivity index (χ4v) is 3.11. The van der Waals surface area contributed by atoms with Crippen molar-refractivity contribution in [3.8, 4) is 0 Å². The van der Waals surface area contributed by atoms with Gasteiger partial charge in [0.15, 0.2) is 0 Å². The van der Waals surface area contributed by atoms with Crippen LogP contribution in [0.2, 0.25) is 5.02 Å². The van der Waals surface area contributed by atoms with E-state index < -0.39 is 0 Å². The first-order valence-electron chi connectivity index (χ1n) is 9.31. The Kier molecular flexibility index (Phi) is 6.33. The van der Waals surface area contributed by atoms with Crippen molar-refractivity contribution < 1.29 is 9.59 Å². The molecule has 3 rings (SSSR count). The maximum Gasteiger partial charge on any atom is 0.273 e. The molecule has 0 aliphatic rings. The van der Waals surface area contributed by atoms with Gasteiger partial charge in [0.05, 0.1) is 23.0 Å². The van der Waals surface area contributed by atoms with Crippen molar-refractivity contribution in [2.24, 2.45) is 0 Å². The Bertz CT molecular complexity index is 1040. The quantitative estimate of drug-likeness (QED) is 0.617. The van der Waals surface area contributed by atoms with Crippen molar-refractivity contribution in [2.45, 2.75) is 40.3 Å². The average molecular weight is 415 g/mol. The Labute approximate surface area is 173 Å². The maximum atomic E-state index is 12.4. The molecule has 0 bridgehead atoms. The lowest BCUT2D eigenvalue weighted by Crippen LogP contribution is -2.18. The molecule has 1 aromatic carbocycles. The third-order valence-electron chi connectivity index (χ3n) is 4.50. The van der Waals surface area contributed by atoms with Gasteiger partial charge in [-0.25, -0.2) is 0 Å². The molecule has 0 aliphatic carbocycles. The largest absolute Gasteiger partial charge is 0.326 e. The molecule has 2 aromatic heterocycles. The van der Waals surface area contributed by atoms with E-state index in [-0.39, 0.29) is 18.2 Å². The Morgan fingerprint density at radius 2 is 1.83 bits per heavy atom. The van der Waals surface area contributed by atoms with Crippen LogP contribution < -0.4 is 10.6 Å². The normalized spacial score (nSPS) is 10.8. The molecule has 0 spiro atoms. The van der Waals surface area contributed by atoms with Crippen LogP contribution in [-0.4, -0.2) is 31.4 Å². The highest BCUT2D eigenvalue weighted by atomic mass is 35.5. The average Bonchev–Trinajstić information content (AvgIpc) is 3.27. The highest BCUT2D eigenvalue weighted by Gasteiger charge is 2.13. The van der Waals surface area contributed by atoms with Gasteiger partial charge in [-0.15, -0.1) is 0 Å². The molecule has 2 amide bonds. The van der Waals surface area contributed by atoms with E-state index in [1.807, 2.05) is 20.8 Å². The number of nitrogens with one attached hydrogen (secondary N) is 2. The lowest BCUT2D eigenvalue weighted by Gasteiger charge is -2.10. The summed E-state index contributed by atoms with van der Waals surface area (Å²) in [5.74, 6) is -0.407. The first kappa shape index (κ1) is 20.6. The van der Waals surface area contributed by atoms with Gasteiger partial charge in [0, 0.05) is 30.5 Å². The summed E-state index contributed by atoms with van der Waals surface area (Å²) >= 11 is 6.13. The third kappa shape index (κ3) is 4.83. The predicted molar refractivity (Wildman–Crippen MR) is 112 cm³/mol. The van der Waals surface area contributed by atoms with Crippen molar-refractivity contribution >= 4 is 34.8 Å². The fraction of sp³-hybridized carbons (Fsp3) is 0.300. The van der Waals surface area contributed by atoms with Crippen LogP contribution in [0, 0.1) is 13.8 Å². The number of benzene rings is 1. The Morgan fingerprint density at radius 1 is 1.10 bits per heavy atom. The SMILES string of the molecule is CCn1nccc1C(=O)Nc1cccc(NC(=O)CCn2nc(C)c(Cl)c2C)c1. The number of hydrogen-bond acceptors (Lipinski definition) is 4. The molecule has 2 heterocycles. The van der Waals surface area contributed by atoms with Gasteiger partial charge >= 0.3 is 0 Å². The summed E-state index contributed by atoms with van der Waals surface area (Å²) in [7, 11) is 0. The van der Waals surface area contributed by atoms with Gasteiger partial charge in [-0.2, -0.15) is 10.2 Å². The summed E-state index contributed by atoms with van der Waals surface area (Å²) in [5, 5.41) is 14.7. The van der Waals surface area contributed by atoms with Crippen molar-refractivity contribution in [2.75, 3.05) is 10.6 Å². The van der Waals surface area contributed by atoms with E-state index in [0.717, 1.165) is 11.4 Å². The Morgan fingerprint density at radius 3 is 2.48 bits per heavy atom. The van der Waals surface area contributed by atoms with Crippen LogP contribution in [0.25, 0.3) is 0 Å². The van der Waals surface area contributed by atoms with E-state index in [1.54, 1.807) is 45.9 Å². The number of hydrogen-bond donors (Lipinski definition) is 2. The molecule has 152 valence electrons. The minimum absolute atomic E-state index is 0.152. The number of carbonyl (C=O) groups is 2. The molecule has 0 aliphatic heterocycles. The van der Waals surface area contributed by atoms with Crippen molar-refractivity contribution in [1.29, 1.82) is 0 Å². The van der Waals surface area contributed by atoms with Gasteiger partial charge in [0.1, 0.15) is 5.69 Å². The maximum absolute atomic E-state index is 12.4. The van der Waals surface area contributed by atoms with E-state index in [2.05, 4.69) is 20.8 Å². The zero-order valence-corrected chi connectivity index (χ0v) is 17.3. The van der Waals surface area contributed by atoms with Gasteiger partial charge in [-0.05, 0) is 45.0 Å². The molecule has 2 N–H and O–H groups in total. The smallest absolute Gasteiger partial charge is 0.273 e. The van der Waals surface area contributed by atoms with Crippen LogP contribution in [0.3, 0.4) is 0 Å². The van der Waals surface area contributed by atoms with Crippen molar-refractivity contribution in [3.63, 3.8) is 0 Å². The minimum Gasteiger partial charge on any atom is -0.326 e. The zero-order chi connectivity index (χ0) is 21.0. The van der Waals surface area contributed by atoms with Crippen LogP contribution in [0.15, 0.2) is 36.5 Å². The van der Waals surface area contributed by atoms with Crippen LogP contribution in [0.4, 0.5) is 11.4 Å². The first-order chi connectivity index (χ1) is 13.9. The highest BCUT2D eigenvalue weighted by Crippen LogP contribution is 2.20. The number of rotatable bonds is 7. The summed E-state index contributed by atoms with van der Waals surface area (Å²) in [6.07, 6.45) is 1.84.